The average Bonchev–Trinajstić information content (AvgIpc) is 2.81. The summed E-state index contributed by atoms with van der Waals surface area (Å²) in [7, 11) is 0. The number of rotatable bonds is 7. The van der Waals surface area contributed by atoms with Crippen molar-refractivity contribution in [3.05, 3.63) is 31.3 Å². The normalized spacial score (nSPS) is 11.7. The molecular weight excluding hydrogens is 327 g/mol. The van der Waals surface area contributed by atoms with Crippen LogP contribution in [-0.4, -0.2) is 29.5 Å². The number of benzene rings is 1. The van der Waals surface area contributed by atoms with E-state index in [0.29, 0.717) is 15.6 Å². The molecule has 6 heteroatoms. The molecule has 3 nitrogen and oxygen atoms in total. The largest absolute Gasteiger partial charge is 0.311 e. The molecule has 0 aliphatic heterocycles. The summed E-state index contributed by atoms with van der Waals surface area (Å²) in [6.45, 7) is 7.50. The Morgan fingerprint density at radius 3 is 2.43 bits per heavy atom. The minimum absolute atomic E-state index is 0.0885. The van der Waals surface area contributed by atoms with E-state index in [1.807, 2.05) is 0 Å². The van der Waals surface area contributed by atoms with Crippen molar-refractivity contribution < 1.29 is 0 Å². The zero-order chi connectivity index (χ0) is 15.4. The molecule has 1 aromatic carbocycles. The van der Waals surface area contributed by atoms with Gasteiger partial charge in [0.25, 0.3) is 0 Å². The van der Waals surface area contributed by atoms with Gasteiger partial charge in [-0.2, -0.15) is 0 Å². The van der Waals surface area contributed by atoms with Crippen LogP contribution in [0.2, 0.25) is 10.0 Å². The Kier molecular flexibility index (Phi) is 6.11. The van der Waals surface area contributed by atoms with E-state index in [1.165, 1.54) is 11.3 Å². The number of halogens is 2. The van der Waals surface area contributed by atoms with Crippen molar-refractivity contribution in [3.63, 3.8) is 0 Å². The SMILES string of the molecule is CCCN(CCC)CCc1c(Cl)cc(Cl)c2[nH]c(=O)sc12. The second-order valence-corrected chi connectivity index (χ2v) is 6.93. The van der Waals surface area contributed by atoms with E-state index in [4.69, 9.17) is 23.2 Å². The van der Waals surface area contributed by atoms with Gasteiger partial charge >= 0.3 is 4.87 Å². The van der Waals surface area contributed by atoms with Gasteiger partial charge in [-0.15, -0.1) is 0 Å². The highest BCUT2D eigenvalue weighted by Crippen LogP contribution is 2.33. The Morgan fingerprint density at radius 1 is 1.14 bits per heavy atom. The number of aromatic amines is 1. The van der Waals surface area contributed by atoms with E-state index >= 15 is 0 Å². The van der Waals surface area contributed by atoms with Gasteiger partial charge in [-0.1, -0.05) is 48.4 Å². The second kappa shape index (κ2) is 7.63. The lowest BCUT2D eigenvalue weighted by Gasteiger charge is -2.21. The highest BCUT2D eigenvalue weighted by molar-refractivity contribution is 7.16. The first-order chi connectivity index (χ1) is 10.1. The number of thiazole rings is 1. The van der Waals surface area contributed by atoms with Crippen molar-refractivity contribution in [2.45, 2.75) is 33.1 Å². The topological polar surface area (TPSA) is 36.1 Å². The van der Waals surface area contributed by atoms with Crippen LogP contribution in [0.3, 0.4) is 0 Å². The lowest BCUT2D eigenvalue weighted by Crippen LogP contribution is -2.27. The summed E-state index contributed by atoms with van der Waals surface area (Å²) in [5, 5.41) is 1.16. The molecule has 2 aromatic rings. The fourth-order valence-electron chi connectivity index (χ4n) is 2.56. The molecule has 21 heavy (non-hydrogen) atoms. The molecule has 0 spiro atoms. The fourth-order valence-corrected chi connectivity index (χ4v) is 4.21. The maximum absolute atomic E-state index is 11.6. The zero-order valence-corrected chi connectivity index (χ0v) is 14.7. The van der Waals surface area contributed by atoms with Crippen LogP contribution in [0.25, 0.3) is 10.2 Å². The molecule has 0 saturated heterocycles. The van der Waals surface area contributed by atoms with Gasteiger partial charge in [-0.05, 0) is 44.0 Å². The van der Waals surface area contributed by atoms with Gasteiger partial charge in [0, 0.05) is 11.6 Å². The van der Waals surface area contributed by atoms with Crippen molar-refractivity contribution in [2.24, 2.45) is 0 Å². The summed E-state index contributed by atoms with van der Waals surface area (Å²) < 4.78 is 0.894. The molecule has 0 radical (unpaired) electrons. The van der Waals surface area contributed by atoms with E-state index < -0.39 is 0 Å². The van der Waals surface area contributed by atoms with E-state index in [1.54, 1.807) is 6.07 Å². The standard InChI is InChI=1S/C15H20Cl2N2OS/c1-3-6-19(7-4-2)8-5-10-11(16)9-12(17)13-14(10)21-15(20)18-13/h9H,3-8H2,1-2H3,(H,18,20). The molecule has 0 atom stereocenters. The van der Waals surface area contributed by atoms with Crippen LogP contribution in [0.4, 0.5) is 0 Å². The van der Waals surface area contributed by atoms with Crippen molar-refractivity contribution >= 4 is 44.8 Å². The Bertz CT molecular complexity index is 659. The predicted molar refractivity (Wildman–Crippen MR) is 93.2 cm³/mol. The number of aromatic nitrogens is 1. The molecule has 0 aliphatic carbocycles. The molecule has 0 bridgehead atoms. The first-order valence-corrected chi connectivity index (χ1v) is 8.86. The lowest BCUT2D eigenvalue weighted by molar-refractivity contribution is 0.278. The third-order valence-corrected chi connectivity index (χ3v) is 5.04. The van der Waals surface area contributed by atoms with Gasteiger partial charge in [0.2, 0.25) is 0 Å². The van der Waals surface area contributed by atoms with Gasteiger partial charge in [0.1, 0.15) is 0 Å². The van der Waals surface area contributed by atoms with Crippen LogP contribution in [0, 0.1) is 0 Å². The van der Waals surface area contributed by atoms with Crippen molar-refractivity contribution in [1.82, 2.24) is 9.88 Å². The van der Waals surface area contributed by atoms with Crippen LogP contribution in [0.15, 0.2) is 10.9 Å². The summed E-state index contributed by atoms with van der Waals surface area (Å²) in [6.07, 6.45) is 3.11. The van der Waals surface area contributed by atoms with Gasteiger partial charge in [-0.25, -0.2) is 0 Å². The van der Waals surface area contributed by atoms with Crippen LogP contribution >= 0.6 is 34.5 Å². The second-order valence-electron chi connectivity index (χ2n) is 5.13. The Hall–Kier alpha value is -0.550. The quantitative estimate of drug-likeness (QED) is 0.797. The first-order valence-electron chi connectivity index (χ1n) is 7.28. The molecular formula is C15H20Cl2N2OS. The summed E-state index contributed by atoms with van der Waals surface area (Å²) in [5.74, 6) is 0. The van der Waals surface area contributed by atoms with E-state index in [9.17, 15) is 4.79 Å². The highest BCUT2D eigenvalue weighted by atomic mass is 35.5. The van der Waals surface area contributed by atoms with Crippen LogP contribution in [0.1, 0.15) is 32.3 Å². The number of nitrogens with zero attached hydrogens (tertiary/aromatic N) is 1. The maximum Gasteiger partial charge on any atom is 0.305 e. The Morgan fingerprint density at radius 2 is 1.81 bits per heavy atom. The molecule has 0 fully saturated rings. The lowest BCUT2D eigenvalue weighted by atomic mass is 10.1. The van der Waals surface area contributed by atoms with Crippen LogP contribution in [0.5, 0.6) is 0 Å². The first kappa shape index (κ1) is 16.8. The number of fused-ring (bicyclic) bond motifs is 1. The third kappa shape index (κ3) is 4.01. The summed E-state index contributed by atoms with van der Waals surface area (Å²) >= 11 is 13.7. The van der Waals surface area contributed by atoms with Crippen molar-refractivity contribution in [2.75, 3.05) is 19.6 Å². The molecule has 0 unspecified atom stereocenters. The van der Waals surface area contributed by atoms with E-state index in [0.717, 1.165) is 49.2 Å². The van der Waals surface area contributed by atoms with Crippen LogP contribution < -0.4 is 4.87 Å². The van der Waals surface area contributed by atoms with E-state index in [-0.39, 0.29) is 4.87 Å². The molecule has 1 aromatic heterocycles. The van der Waals surface area contributed by atoms with Crippen LogP contribution in [-0.2, 0) is 6.42 Å². The predicted octanol–water partition coefficient (Wildman–Crippen LogP) is 4.56. The summed E-state index contributed by atoms with van der Waals surface area (Å²) in [4.78, 5) is 16.7. The van der Waals surface area contributed by atoms with Gasteiger partial charge in [0.05, 0.1) is 15.2 Å². The van der Waals surface area contributed by atoms with Crippen molar-refractivity contribution in [3.8, 4) is 0 Å². The Labute approximate surface area is 138 Å². The smallest absolute Gasteiger partial charge is 0.305 e. The Balaban J connectivity index is 2.27. The molecule has 1 heterocycles. The monoisotopic (exact) mass is 346 g/mol. The fraction of sp³-hybridized carbons (Fsp3) is 0.533. The maximum atomic E-state index is 11.6. The number of H-pyrrole nitrogens is 1. The van der Waals surface area contributed by atoms with Crippen molar-refractivity contribution in [1.29, 1.82) is 0 Å². The molecule has 116 valence electrons. The molecule has 0 aliphatic rings. The molecule has 1 N–H and O–H groups in total. The minimum Gasteiger partial charge on any atom is -0.311 e. The average molecular weight is 347 g/mol. The number of hydrogen-bond acceptors (Lipinski definition) is 3. The minimum atomic E-state index is -0.0885. The number of hydrogen-bond donors (Lipinski definition) is 1. The van der Waals surface area contributed by atoms with Gasteiger partial charge < -0.3 is 9.88 Å². The van der Waals surface area contributed by atoms with Gasteiger partial charge in [0.15, 0.2) is 0 Å². The van der Waals surface area contributed by atoms with Gasteiger partial charge in [-0.3, -0.25) is 4.79 Å². The molecule has 0 amide bonds. The highest BCUT2D eigenvalue weighted by Gasteiger charge is 2.14. The third-order valence-electron chi connectivity index (χ3n) is 3.46. The summed E-state index contributed by atoms with van der Waals surface area (Å²) in [5.41, 5.74) is 1.74. The van der Waals surface area contributed by atoms with E-state index in [2.05, 4.69) is 23.7 Å². The number of nitrogens with one attached hydrogen (secondary N) is 1. The molecule has 2 rings (SSSR count). The zero-order valence-electron chi connectivity index (χ0n) is 12.3. The summed E-state index contributed by atoms with van der Waals surface area (Å²) in [6, 6.07) is 1.73. The molecule has 0 saturated carbocycles.